The summed E-state index contributed by atoms with van der Waals surface area (Å²) in [7, 11) is 0. The summed E-state index contributed by atoms with van der Waals surface area (Å²) in [5, 5.41) is 7.53. The van der Waals surface area contributed by atoms with Crippen molar-refractivity contribution in [2.45, 2.75) is 59.0 Å². The van der Waals surface area contributed by atoms with Crippen molar-refractivity contribution in [3.8, 4) is 0 Å². The molecule has 0 bridgehead atoms. The van der Waals surface area contributed by atoms with Gasteiger partial charge in [0.05, 0.1) is 0 Å². The molecule has 5 heteroatoms. The average Bonchev–Trinajstić information content (AvgIpc) is 2.85. The fourth-order valence-corrected chi connectivity index (χ4v) is 3.05. The van der Waals surface area contributed by atoms with Crippen LogP contribution >= 0.6 is 0 Å². The number of hydrogen-bond acceptors (Lipinski definition) is 5. The molecule has 1 fully saturated rings. The Labute approximate surface area is 122 Å². The maximum absolute atomic E-state index is 5.19. The molecular formula is C15H28N4O. The van der Waals surface area contributed by atoms with Crippen LogP contribution in [0.15, 0.2) is 4.52 Å². The molecule has 1 N–H and O–H groups in total. The predicted molar refractivity (Wildman–Crippen MR) is 79.6 cm³/mol. The summed E-state index contributed by atoms with van der Waals surface area (Å²) in [6.45, 7) is 12.1. The van der Waals surface area contributed by atoms with E-state index in [1.54, 1.807) is 0 Å². The fraction of sp³-hybridized carbons (Fsp3) is 0.867. The van der Waals surface area contributed by atoms with E-state index in [0.717, 1.165) is 37.8 Å². The molecule has 3 atom stereocenters. The minimum absolute atomic E-state index is 0.599. The number of piperidine rings is 1. The van der Waals surface area contributed by atoms with Crippen molar-refractivity contribution in [1.29, 1.82) is 0 Å². The summed E-state index contributed by atoms with van der Waals surface area (Å²) >= 11 is 0. The zero-order chi connectivity index (χ0) is 14.5. The van der Waals surface area contributed by atoms with Crippen molar-refractivity contribution in [2.24, 2.45) is 5.92 Å². The Morgan fingerprint density at radius 1 is 1.40 bits per heavy atom. The minimum atomic E-state index is 0.599. The highest BCUT2D eigenvalue weighted by molar-refractivity contribution is 4.90. The Hall–Kier alpha value is -0.940. The van der Waals surface area contributed by atoms with Crippen LogP contribution in [0.3, 0.4) is 0 Å². The molecule has 0 aliphatic carbocycles. The van der Waals surface area contributed by atoms with Crippen LogP contribution in [0.25, 0.3) is 0 Å². The van der Waals surface area contributed by atoms with Gasteiger partial charge in [-0.2, -0.15) is 4.98 Å². The van der Waals surface area contributed by atoms with Crippen LogP contribution in [0, 0.1) is 12.8 Å². The third-order valence-electron chi connectivity index (χ3n) is 4.54. The summed E-state index contributed by atoms with van der Waals surface area (Å²) in [6.07, 6.45) is 3.29. The quantitative estimate of drug-likeness (QED) is 0.864. The third kappa shape index (κ3) is 3.79. The molecule has 1 saturated heterocycles. The summed E-state index contributed by atoms with van der Waals surface area (Å²) < 4.78 is 5.19. The van der Waals surface area contributed by atoms with Crippen LogP contribution in [0.2, 0.25) is 0 Å². The molecule has 1 aliphatic heterocycles. The molecule has 3 unspecified atom stereocenters. The van der Waals surface area contributed by atoms with Gasteiger partial charge in [0.2, 0.25) is 5.89 Å². The smallest absolute Gasteiger partial charge is 0.227 e. The van der Waals surface area contributed by atoms with Gasteiger partial charge in [0.1, 0.15) is 0 Å². The first-order chi connectivity index (χ1) is 9.61. The molecule has 20 heavy (non-hydrogen) atoms. The Balaban J connectivity index is 1.82. The third-order valence-corrected chi connectivity index (χ3v) is 4.54. The average molecular weight is 280 g/mol. The molecule has 0 amide bonds. The maximum Gasteiger partial charge on any atom is 0.227 e. The van der Waals surface area contributed by atoms with Gasteiger partial charge in [0, 0.05) is 25.0 Å². The summed E-state index contributed by atoms with van der Waals surface area (Å²) in [5.74, 6) is 2.16. The first-order valence-electron chi connectivity index (χ1n) is 7.88. The van der Waals surface area contributed by atoms with Gasteiger partial charge in [0.25, 0.3) is 0 Å². The summed E-state index contributed by atoms with van der Waals surface area (Å²) in [5.41, 5.74) is 0. The van der Waals surface area contributed by atoms with E-state index in [1.807, 2.05) is 6.92 Å². The molecule has 0 radical (unpaired) electrons. The van der Waals surface area contributed by atoms with Gasteiger partial charge in [-0.25, -0.2) is 0 Å². The van der Waals surface area contributed by atoms with Gasteiger partial charge in [-0.05, 0) is 45.7 Å². The first kappa shape index (κ1) is 15.4. The molecule has 2 rings (SSSR count). The molecule has 0 saturated carbocycles. The standard InChI is InChI=1S/C15H28N4O/c1-5-8-16-14-6-9-19(12(3)11(14)2)10-7-15-17-13(4)18-20-15/h11-12,14,16H,5-10H2,1-4H3. The van der Waals surface area contributed by atoms with Gasteiger partial charge in [0.15, 0.2) is 5.82 Å². The Morgan fingerprint density at radius 2 is 2.20 bits per heavy atom. The molecule has 0 spiro atoms. The van der Waals surface area contributed by atoms with E-state index in [0.29, 0.717) is 18.0 Å². The highest BCUT2D eigenvalue weighted by Crippen LogP contribution is 2.23. The second kappa shape index (κ2) is 7.18. The number of nitrogens with one attached hydrogen (secondary N) is 1. The molecule has 0 aromatic carbocycles. The van der Waals surface area contributed by atoms with E-state index < -0.39 is 0 Å². The van der Waals surface area contributed by atoms with E-state index in [2.05, 4.69) is 41.1 Å². The lowest BCUT2D eigenvalue weighted by Gasteiger charge is -2.43. The Kier molecular flexibility index (Phi) is 5.54. The van der Waals surface area contributed by atoms with Crippen LogP contribution in [0.5, 0.6) is 0 Å². The number of likely N-dealkylation sites (tertiary alicyclic amines) is 1. The van der Waals surface area contributed by atoms with Crippen LogP contribution in [-0.4, -0.2) is 46.8 Å². The van der Waals surface area contributed by atoms with Gasteiger partial charge >= 0.3 is 0 Å². The molecule has 2 heterocycles. The Morgan fingerprint density at radius 3 is 2.85 bits per heavy atom. The predicted octanol–water partition coefficient (Wildman–Crippen LogP) is 2.02. The number of nitrogens with zero attached hydrogens (tertiary/aromatic N) is 3. The zero-order valence-electron chi connectivity index (χ0n) is 13.2. The van der Waals surface area contributed by atoms with Gasteiger partial charge in [-0.15, -0.1) is 0 Å². The number of aromatic nitrogens is 2. The van der Waals surface area contributed by atoms with Crippen molar-refractivity contribution in [1.82, 2.24) is 20.4 Å². The second-order valence-electron chi connectivity index (χ2n) is 5.97. The largest absolute Gasteiger partial charge is 0.339 e. The fourth-order valence-electron chi connectivity index (χ4n) is 3.05. The van der Waals surface area contributed by atoms with Gasteiger partial charge in [-0.1, -0.05) is 19.0 Å². The minimum Gasteiger partial charge on any atom is -0.339 e. The van der Waals surface area contributed by atoms with Crippen molar-refractivity contribution in [3.63, 3.8) is 0 Å². The van der Waals surface area contributed by atoms with Crippen LogP contribution < -0.4 is 5.32 Å². The van der Waals surface area contributed by atoms with Crippen molar-refractivity contribution in [2.75, 3.05) is 19.6 Å². The lowest BCUT2D eigenvalue weighted by Crippen LogP contribution is -2.53. The molecule has 1 aliphatic rings. The Bertz CT molecular complexity index is 406. The molecule has 114 valence electrons. The van der Waals surface area contributed by atoms with Crippen molar-refractivity contribution in [3.05, 3.63) is 11.7 Å². The zero-order valence-corrected chi connectivity index (χ0v) is 13.2. The topological polar surface area (TPSA) is 54.2 Å². The summed E-state index contributed by atoms with van der Waals surface area (Å²) in [4.78, 5) is 6.83. The molecule has 1 aromatic rings. The number of hydrogen-bond donors (Lipinski definition) is 1. The molecule has 1 aromatic heterocycles. The van der Waals surface area contributed by atoms with E-state index in [9.17, 15) is 0 Å². The van der Waals surface area contributed by atoms with Gasteiger partial charge in [-0.3, -0.25) is 4.90 Å². The maximum atomic E-state index is 5.19. The van der Waals surface area contributed by atoms with E-state index in [4.69, 9.17) is 4.52 Å². The first-order valence-corrected chi connectivity index (χ1v) is 7.88. The van der Waals surface area contributed by atoms with Crippen LogP contribution in [0.1, 0.15) is 45.3 Å². The highest BCUT2D eigenvalue weighted by atomic mass is 16.5. The molecule has 5 nitrogen and oxygen atoms in total. The van der Waals surface area contributed by atoms with E-state index in [-0.39, 0.29) is 0 Å². The molecular weight excluding hydrogens is 252 g/mol. The normalized spacial score (nSPS) is 27.9. The monoisotopic (exact) mass is 280 g/mol. The van der Waals surface area contributed by atoms with Crippen molar-refractivity contribution < 1.29 is 4.52 Å². The van der Waals surface area contributed by atoms with E-state index >= 15 is 0 Å². The van der Waals surface area contributed by atoms with Crippen LogP contribution in [0.4, 0.5) is 0 Å². The summed E-state index contributed by atoms with van der Waals surface area (Å²) in [6, 6.07) is 1.26. The lowest BCUT2D eigenvalue weighted by atomic mass is 9.87. The SMILES string of the molecule is CCCNC1CCN(CCc2nc(C)no2)C(C)C1C. The lowest BCUT2D eigenvalue weighted by molar-refractivity contribution is 0.0841. The van der Waals surface area contributed by atoms with Crippen LogP contribution in [-0.2, 0) is 6.42 Å². The van der Waals surface area contributed by atoms with E-state index in [1.165, 1.54) is 12.8 Å². The number of aryl methyl sites for hydroxylation is 1. The number of rotatable bonds is 6. The highest BCUT2D eigenvalue weighted by Gasteiger charge is 2.31. The van der Waals surface area contributed by atoms with Gasteiger partial charge < -0.3 is 9.84 Å². The second-order valence-corrected chi connectivity index (χ2v) is 5.97. The van der Waals surface area contributed by atoms with Crippen molar-refractivity contribution >= 4 is 0 Å².